The summed E-state index contributed by atoms with van der Waals surface area (Å²) in [5, 5.41) is 15.3. The number of nitrogens with one attached hydrogen (secondary N) is 2. The number of rotatable bonds is 6. The maximum absolute atomic E-state index is 12.3. The van der Waals surface area contributed by atoms with Gasteiger partial charge in [0.1, 0.15) is 5.01 Å². The predicted octanol–water partition coefficient (Wildman–Crippen LogP) is 3.09. The summed E-state index contributed by atoms with van der Waals surface area (Å²) in [5.74, 6) is -0.576. The minimum Gasteiger partial charge on any atom is -0.296 e. The van der Waals surface area contributed by atoms with Gasteiger partial charge in [0.25, 0.3) is 5.91 Å². The first-order valence-corrected chi connectivity index (χ1v) is 9.76. The lowest BCUT2D eigenvalue weighted by Crippen LogP contribution is -2.19. The minimum absolute atomic E-state index is 0.0303. The Morgan fingerprint density at radius 1 is 1.07 bits per heavy atom. The molecular weight excluding hydrogens is 477 g/mol. The van der Waals surface area contributed by atoms with E-state index in [9.17, 15) is 9.59 Å². The summed E-state index contributed by atoms with van der Waals surface area (Å²) in [5.41, 5.74) is 3.89. The van der Waals surface area contributed by atoms with E-state index in [4.69, 9.17) is 0 Å². The normalized spacial score (nSPS) is 10.7. The van der Waals surface area contributed by atoms with E-state index < -0.39 is 0 Å². The zero-order valence-corrected chi connectivity index (χ0v) is 16.9. The molecule has 136 valence electrons. The highest BCUT2D eigenvalue weighted by Crippen LogP contribution is 2.18. The zero-order chi connectivity index (χ0) is 19.1. The number of carbonyl (C=O) groups excluding carboxylic acids is 2. The maximum atomic E-state index is 12.3. The number of halogens is 1. The Morgan fingerprint density at radius 2 is 1.81 bits per heavy atom. The summed E-state index contributed by atoms with van der Waals surface area (Å²) in [7, 11) is 0. The van der Waals surface area contributed by atoms with Crippen LogP contribution in [0.15, 0.2) is 59.7 Å². The molecule has 2 amide bonds. The Kier molecular flexibility index (Phi) is 6.60. The van der Waals surface area contributed by atoms with Crippen LogP contribution in [0.2, 0.25) is 0 Å². The van der Waals surface area contributed by atoms with Gasteiger partial charge >= 0.3 is 0 Å². The summed E-state index contributed by atoms with van der Waals surface area (Å²) >= 11 is 3.25. The number of hydrogen-bond acceptors (Lipinski definition) is 6. The van der Waals surface area contributed by atoms with E-state index in [1.165, 1.54) is 0 Å². The van der Waals surface area contributed by atoms with Crippen LogP contribution in [-0.4, -0.2) is 28.2 Å². The molecule has 0 spiro atoms. The number of amides is 2. The lowest BCUT2D eigenvalue weighted by atomic mass is 10.2. The first-order valence-electron chi connectivity index (χ1n) is 7.87. The molecule has 0 bridgehead atoms. The van der Waals surface area contributed by atoms with Gasteiger partial charge in [-0.3, -0.25) is 14.9 Å². The Labute approximate surface area is 173 Å². The molecule has 0 atom stereocenters. The van der Waals surface area contributed by atoms with Gasteiger partial charge in [0.15, 0.2) is 0 Å². The molecule has 0 unspecified atom stereocenters. The fraction of sp³-hybridized carbons (Fsp3) is 0.0556. The molecule has 1 aromatic heterocycles. The molecule has 3 aromatic rings. The van der Waals surface area contributed by atoms with Gasteiger partial charge in [0, 0.05) is 3.57 Å². The molecule has 27 heavy (non-hydrogen) atoms. The van der Waals surface area contributed by atoms with Crippen molar-refractivity contribution in [3.05, 3.63) is 74.3 Å². The van der Waals surface area contributed by atoms with Gasteiger partial charge in [-0.05, 0) is 40.3 Å². The van der Waals surface area contributed by atoms with Gasteiger partial charge in [-0.2, -0.15) is 5.10 Å². The van der Waals surface area contributed by atoms with E-state index in [1.54, 1.807) is 18.3 Å². The van der Waals surface area contributed by atoms with Crippen molar-refractivity contribution in [2.75, 3.05) is 5.32 Å². The highest BCUT2D eigenvalue weighted by atomic mass is 127. The number of carbonyl (C=O) groups is 2. The molecule has 0 saturated carbocycles. The molecule has 9 heteroatoms. The second-order valence-electron chi connectivity index (χ2n) is 5.32. The third-order valence-corrected chi connectivity index (χ3v) is 5.10. The van der Waals surface area contributed by atoms with Gasteiger partial charge in [-0.1, -0.05) is 53.8 Å². The van der Waals surface area contributed by atoms with Crippen molar-refractivity contribution in [1.82, 2.24) is 15.6 Å². The molecule has 0 fully saturated rings. The van der Waals surface area contributed by atoms with Crippen LogP contribution in [0.3, 0.4) is 0 Å². The Bertz CT molecular complexity index is 975. The van der Waals surface area contributed by atoms with Crippen LogP contribution in [0.25, 0.3) is 0 Å². The van der Waals surface area contributed by atoms with Gasteiger partial charge < -0.3 is 0 Å². The largest absolute Gasteiger partial charge is 0.296 e. The van der Waals surface area contributed by atoms with Crippen molar-refractivity contribution in [3.8, 4) is 0 Å². The Hall–Kier alpha value is -2.66. The molecule has 2 aromatic carbocycles. The van der Waals surface area contributed by atoms with Gasteiger partial charge in [-0.15, -0.1) is 10.2 Å². The molecular formula is C18H14IN5O2S. The van der Waals surface area contributed by atoms with Crippen LogP contribution in [0.4, 0.5) is 5.13 Å². The second kappa shape index (κ2) is 9.33. The van der Waals surface area contributed by atoms with Gasteiger partial charge in [0.05, 0.1) is 18.2 Å². The number of benzene rings is 2. The van der Waals surface area contributed by atoms with Crippen molar-refractivity contribution in [2.24, 2.45) is 5.10 Å². The van der Waals surface area contributed by atoms with E-state index >= 15 is 0 Å². The maximum Gasteiger partial charge on any atom is 0.258 e. The van der Waals surface area contributed by atoms with Crippen molar-refractivity contribution in [1.29, 1.82) is 0 Å². The monoisotopic (exact) mass is 491 g/mol. The number of nitrogens with zero attached hydrogens (tertiary/aromatic N) is 3. The van der Waals surface area contributed by atoms with Crippen LogP contribution in [-0.2, 0) is 11.2 Å². The first kappa shape index (κ1) is 19.1. The molecule has 1 heterocycles. The first-order chi connectivity index (χ1) is 13.1. The molecule has 3 rings (SSSR count). The highest BCUT2D eigenvalue weighted by Gasteiger charge is 2.14. The third-order valence-electron chi connectivity index (χ3n) is 3.32. The van der Waals surface area contributed by atoms with Crippen LogP contribution in [0, 0.1) is 3.57 Å². The van der Waals surface area contributed by atoms with Crippen molar-refractivity contribution >= 4 is 57.1 Å². The highest BCUT2D eigenvalue weighted by molar-refractivity contribution is 14.1. The Balaban J connectivity index is 1.53. The molecule has 0 saturated heterocycles. The van der Waals surface area contributed by atoms with Crippen LogP contribution in [0.5, 0.6) is 0 Å². The quantitative estimate of drug-likeness (QED) is 0.315. The molecule has 0 aliphatic heterocycles. The van der Waals surface area contributed by atoms with Crippen molar-refractivity contribution in [3.63, 3.8) is 0 Å². The fourth-order valence-electron chi connectivity index (χ4n) is 2.08. The summed E-state index contributed by atoms with van der Waals surface area (Å²) in [6.07, 6.45) is 1.59. The van der Waals surface area contributed by atoms with E-state index in [0.29, 0.717) is 15.7 Å². The standard InChI is InChI=1S/C18H14IN5O2S/c19-14-9-5-4-8-13(14)17(26)21-18-24-23-16(27-18)10-15(25)22-20-11-12-6-2-1-3-7-12/h1-9,11H,10H2,(H,22,25)(H,21,24,26)/b20-11-. The fourth-order valence-corrected chi connectivity index (χ4v) is 3.45. The lowest BCUT2D eigenvalue weighted by Gasteiger charge is -2.02. The van der Waals surface area contributed by atoms with Gasteiger partial charge in [0.2, 0.25) is 11.0 Å². The SMILES string of the molecule is O=C(Cc1nnc(NC(=O)c2ccccc2I)s1)N/N=C\c1ccccc1. The van der Waals surface area contributed by atoms with Gasteiger partial charge in [-0.25, -0.2) is 5.43 Å². The van der Waals surface area contributed by atoms with Crippen LogP contribution in [0.1, 0.15) is 20.9 Å². The molecule has 2 N–H and O–H groups in total. The van der Waals surface area contributed by atoms with E-state index in [-0.39, 0.29) is 18.2 Å². The smallest absolute Gasteiger partial charge is 0.258 e. The molecule has 0 radical (unpaired) electrons. The molecule has 0 aliphatic rings. The zero-order valence-electron chi connectivity index (χ0n) is 13.9. The van der Waals surface area contributed by atoms with Crippen LogP contribution < -0.4 is 10.7 Å². The second-order valence-corrected chi connectivity index (χ2v) is 7.54. The average Bonchev–Trinajstić information content (AvgIpc) is 3.09. The van der Waals surface area contributed by atoms with E-state index in [1.807, 2.05) is 42.5 Å². The number of hydrazone groups is 1. The summed E-state index contributed by atoms with van der Waals surface area (Å²) in [4.78, 5) is 24.2. The molecule has 0 aliphatic carbocycles. The summed E-state index contributed by atoms with van der Waals surface area (Å²) in [6, 6.07) is 16.7. The third kappa shape index (κ3) is 5.66. The van der Waals surface area contributed by atoms with Crippen molar-refractivity contribution < 1.29 is 9.59 Å². The summed E-state index contributed by atoms with van der Waals surface area (Å²) < 4.78 is 0.841. The van der Waals surface area contributed by atoms with Crippen LogP contribution >= 0.6 is 33.9 Å². The Morgan fingerprint density at radius 3 is 2.59 bits per heavy atom. The van der Waals surface area contributed by atoms with Crippen molar-refractivity contribution in [2.45, 2.75) is 6.42 Å². The average molecular weight is 491 g/mol. The predicted molar refractivity (Wildman–Crippen MR) is 113 cm³/mol. The topological polar surface area (TPSA) is 96.3 Å². The number of hydrogen-bond donors (Lipinski definition) is 2. The number of aromatic nitrogens is 2. The summed E-state index contributed by atoms with van der Waals surface area (Å²) in [6.45, 7) is 0. The molecule has 7 nitrogen and oxygen atoms in total. The van der Waals surface area contributed by atoms with E-state index in [0.717, 1.165) is 20.5 Å². The number of anilines is 1. The van der Waals surface area contributed by atoms with E-state index in [2.05, 4.69) is 48.6 Å². The minimum atomic E-state index is -0.311. The lowest BCUT2D eigenvalue weighted by molar-refractivity contribution is -0.120.